The molecule has 1 saturated heterocycles. The second-order valence-corrected chi connectivity index (χ2v) is 5.12. The molecule has 0 aliphatic carbocycles. The maximum atomic E-state index is 11.0. The van der Waals surface area contributed by atoms with E-state index in [9.17, 15) is 4.79 Å². The second-order valence-electron chi connectivity index (χ2n) is 3.29. The van der Waals surface area contributed by atoms with Crippen LogP contribution in [0.25, 0.3) is 0 Å². The van der Waals surface area contributed by atoms with Gasteiger partial charge in [-0.2, -0.15) is 0 Å². The molecule has 1 heterocycles. The molecule has 74 valence electrons. The summed E-state index contributed by atoms with van der Waals surface area (Å²) in [5, 5.41) is 0. The maximum Gasteiger partial charge on any atom is 0.161 e. The molecule has 2 rings (SSSR count). The number of rotatable bonds is 2. The lowest BCUT2D eigenvalue weighted by molar-refractivity contribution is -0.118. The molecule has 2 atom stereocenters. The summed E-state index contributed by atoms with van der Waals surface area (Å²) in [6, 6.07) is 5.89. The minimum Gasteiger partial charge on any atom is -0.356 e. The van der Waals surface area contributed by atoms with Crippen LogP contribution < -0.4 is 0 Å². The lowest BCUT2D eigenvalue weighted by Crippen LogP contribution is -2.00. The highest BCUT2D eigenvalue weighted by molar-refractivity contribution is 9.11. The molecule has 2 nitrogen and oxygen atoms in total. The largest absolute Gasteiger partial charge is 0.356 e. The number of hydrogen-bond donors (Lipinski definition) is 0. The Morgan fingerprint density at radius 3 is 2.29 bits per heavy atom. The number of carbonyl (C=O) groups is 1. The molecule has 1 fully saturated rings. The first-order valence-electron chi connectivity index (χ1n) is 4.20. The van der Waals surface area contributed by atoms with E-state index in [-0.39, 0.29) is 18.0 Å². The predicted molar refractivity (Wildman–Crippen MR) is 60.1 cm³/mol. The van der Waals surface area contributed by atoms with Crippen LogP contribution in [0.4, 0.5) is 0 Å². The molecule has 0 saturated carbocycles. The van der Waals surface area contributed by atoms with Crippen molar-refractivity contribution >= 4 is 37.6 Å². The van der Waals surface area contributed by atoms with E-state index in [0.29, 0.717) is 0 Å². The van der Waals surface area contributed by atoms with Gasteiger partial charge in [0.15, 0.2) is 5.78 Å². The summed E-state index contributed by atoms with van der Waals surface area (Å²) in [6.07, 6.45) is -0.294. The van der Waals surface area contributed by atoms with Crippen LogP contribution in [0, 0.1) is 0 Å². The number of ketones is 1. The van der Waals surface area contributed by atoms with Gasteiger partial charge in [-0.3, -0.25) is 4.79 Å². The van der Waals surface area contributed by atoms with Gasteiger partial charge in [0.1, 0.15) is 12.2 Å². The van der Waals surface area contributed by atoms with Crippen LogP contribution in [0.3, 0.4) is 0 Å². The van der Waals surface area contributed by atoms with Gasteiger partial charge in [0.2, 0.25) is 0 Å². The number of hydrogen-bond acceptors (Lipinski definition) is 2. The Hall–Kier alpha value is -0.190. The zero-order valence-electron chi connectivity index (χ0n) is 7.46. The summed E-state index contributed by atoms with van der Waals surface area (Å²) in [4.78, 5) is 11.0. The molecule has 0 aromatic heterocycles. The highest BCUT2D eigenvalue weighted by atomic mass is 79.9. The lowest BCUT2D eigenvalue weighted by atomic mass is 10.1. The summed E-state index contributed by atoms with van der Waals surface area (Å²) < 4.78 is 7.25. The van der Waals surface area contributed by atoms with Gasteiger partial charge in [-0.25, -0.2) is 0 Å². The monoisotopic (exact) mass is 318 g/mol. The van der Waals surface area contributed by atoms with Gasteiger partial charge < -0.3 is 4.74 Å². The Balaban J connectivity index is 2.23. The fourth-order valence-electron chi connectivity index (χ4n) is 1.41. The minimum atomic E-state index is -0.240. The van der Waals surface area contributed by atoms with E-state index >= 15 is 0 Å². The molecular weight excluding hydrogens is 312 g/mol. The van der Waals surface area contributed by atoms with Crippen molar-refractivity contribution in [1.29, 1.82) is 0 Å². The van der Waals surface area contributed by atoms with Crippen molar-refractivity contribution in [3.8, 4) is 0 Å². The van der Waals surface area contributed by atoms with E-state index in [2.05, 4.69) is 31.9 Å². The van der Waals surface area contributed by atoms with Crippen molar-refractivity contribution in [2.45, 2.75) is 19.1 Å². The van der Waals surface area contributed by atoms with Crippen LogP contribution in [0.2, 0.25) is 0 Å². The molecular formula is C10H8Br2O2. The van der Waals surface area contributed by atoms with Gasteiger partial charge in [-0.05, 0) is 30.7 Å². The predicted octanol–water partition coefficient (Wildman–Crippen LogP) is 3.24. The summed E-state index contributed by atoms with van der Waals surface area (Å²) in [5.41, 5.74) is 1.03. The van der Waals surface area contributed by atoms with Crippen molar-refractivity contribution in [2.75, 3.05) is 0 Å². The van der Waals surface area contributed by atoms with Crippen LogP contribution in [0.15, 0.2) is 27.1 Å². The van der Waals surface area contributed by atoms with Gasteiger partial charge in [0.25, 0.3) is 0 Å². The third kappa shape index (κ3) is 2.07. The highest BCUT2D eigenvalue weighted by Crippen LogP contribution is 2.40. The molecule has 0 N–H and O–H groups in total. The van der Waals surface area contributed by atoms with Crippen molar-refractivity contribution in [1.82, 2.24) is 0 Å². The molecule has 1 aromatic rings. The molecule has 0 bridgehead atoms. The standard InChI is InChI=1S/C10H8Br2O2/c1-5(13)9-10(14-9)6-2-7(11)4-8(12)3-6/h2-4,9-10H,1H3/t9-,10-/m0/s1. The first kappa shape index (κ1) is 10.3. The molecule has 14 heavy (non-hydrogen) atoms. The van der Waals surface area contributed by atoms with Crippen LogP contribution in [-0.4, -0.2) is 11.9 Å². The Morgan fingerprint density at radius 1 is 1.29 bits per heavy atom. The Bertz CT molecular complexity index is 369. The van der Waals surface area contributed by atoms with Crippen molar-refractivity contribution in [2.24, 2.45) is 0 Å². The first-order chi connectivity index (χ1) is 6.58. The van der Waals surface area contributed by atoms with Gasteiger partial charge in [0.05, 0.1) is 0 Å². The Kier molecular flexibility index (Phi) is 2.77. The van der Waals surface area contributed by atoms with E-state index in [1.54, 1.807) is 6.92 Å². The maximum absolute atomic E-state index is 11.0. The molecule has 0 amide bonds. The van der Waals surface area contributed by atoms with Crippen molar-refractivity contribution in [3.63, 3.8) is 0 Å². The Labute approximate surface area is 98.9 Å². The van der Waals surface area contributed by atoms with E-state index < -0.39 is 0 Å². The zero-order chi connectivity index (χ0) is 10.3. The summed E-state index contributed by atoms with van der Waals surface area (Å²) in [7, 11) is 0. The zero-order valence-corrected chi connectivity index (χ0v) is 10.6. The molecule has 0 radical (unpaired) electrons. The molecule has 1 aliphatic rings. The van der Waals surface area contributed by atoms with Crippen molar-refractivity contribution in [3.05, 3.63) is 32.7 Å². The van der Waals surface area contributed by atoms with E-state index in [1.807, 2.05) is 18.2 Å². The number of carbonyl (C=O) groups excluding carboxylic acids is 1. The number of ether oxygens (including phenoxy) is 1. The van der Waals surface area contributed by atoms with Gasteiger partial charge in [-0.1, -0.05) is 31.9 Å². The normalized spacial score (nSPS) is 24.8. The average Bonchev–Trinajstić information content (AvgIpc) is 2.79. The SMILES string of the molecule is CC(=O)[C@@H]1O[C@H]1c1cc(Br)cc(Br)c1. The number of benzene rings is 1. The van der Waals surface area contributed by atoms with Gasteiger partial charge >= 0.3 is 0 Å². The first-order valence-corrected chi connectivity index (χ1v) is 5.78. The molecule has 0 spiro atoms. The number of Topliss-reactive ketones (excluding diaryl/α,β-unsaturated/α-hetero) is 1. The van der Waals surface area contributed by atoms with Crippen molar-refractivity contribution < 1.29 is 9.53 Å². The topological polar surface area (TPSA) is 29.6 Å². The van der Waals surface area contributed by atoms with Crippen LogP contribution in [-0.2, 0) is 9.53 Å². The summed E-state index contributed by atoms with van der Waals surface area (Å²) >= 11 is 6.79. The summed E-state index contributed by atoms with van der Waals surface area (Å²) in [5.74, 6) is 0.0890. The summed E-state index contributed by atoms with van der Waals surface area (Å²) in [6.45, 7) is 1.55. The van der Waals surface area contributed by atoms with Crippen LogP contribution in [0.5, 0.6) is 0 Å². The molecule has 1 aliphatic heterocycles. The second kappa shape index (κ2) is 3.76. The smallest absolute Gasteiger partial charge is 0.161 e. The van der Waals surface area contributed by atoms with Crippen LogP contribution >= 0.6 is 31.9 Å². The van der Waals surface area contributed by atoms with E-state index in [0.717, 1.165) is 14.5 Å². The molecule has 1 aromatic carbocycles. The third-order valence-electron chi connectivity index (χ3n) is 2.11. The fraction of sp³-hybridized carbons (Fsp3) is 0.300. The quantitative estimate of drug-likeness (QED) is 0.783. The molecule has 4 heteroatoms. The minimum absolute atomic E-state index is 0.0544. The number of halogens is 2. The fourth-order valence-corrected chi connectivity index (χ4v) is 2.74. The van der Waals surface area contributed by atoms with E-state index in [4.69, 9.17) is 4.74 Å². The van der Waals surface area contributed by atoms with Gasteiger partial charge in [0, 0.05) is 8.95 Å². The lowest BCUT2D eigenvalue weighted by Gasteiger charge is -1.98. The average molecular weight is 320 g/mol. The van der Waals surface area contributed by atoms with Gasteiger partial charge in [-0.15, -0.1) is 0 Å². The molecule has 0 unspecified atom stereocenters. The Morgan fingerprint density at radius 2 is 1.86 bits per heavy atom. The van der Waals surface area contributed by atoms with E-state index in [1.165, 1.54) is 0 Å². The van der Waals surface area contributed by atoms with Crippen LogP contribution in [0.1, 0.15) is 18.6 Å². The third-order valence-corrected chi connectivity index (χ3v) is 3.02. The number of epoxide rings is 1. The highest BCUT2D eigenvalue weighted by Gasteiger charge is 2.43.